The van der Waals surface area contributed by atoms with Crippen molar-refractivity contribution < 1.29 is 14.3 Å². The molecule has 2 aromatic rings. The van der Waals surface area contributed by atoms with Gasteiger partial charge in [-0.15, -0.1) is 0 Å². The predicted molar refractivity (Wildman–Crippen MR) is 84.6 cm³/mol. The van der Waals surface area contributed by atoms with Crippen LogP contribution in [0, 0.1) is 0 Å². The second-order valence-electron chi connectivity index (χ2n) is 4.68. The third kappa shape index (κ3) is 3.49. The molecule has 1 amide bonds. The van der Waals surface area contributed by atoms with E-state index in [4.69, 9.17) is 21.1 Å². The Bertz CT molecular complexity index is 676. The molecule has 116 valence electrons. The Morgan fingerprint density at radius 3 is 2.73 bits per heavy atom. The third-order valence-electron chi connectivity index (χ3n) is 3.19. The van der Waals surface area contributed by atoms with Crippen LogP contribution in [0.5, 0.6) is 11.6 Å². The summed E-state index contributed by atoms with van der Waals surface area (Å²) < 4.78 is 10.4. The molecule has 0 aliphatic carbocycles. The van der Waals surface area contributed by atoms with Crippen LogP contribution < -0.4 is 9.47 Å². The number of carbonyl (C=O) groups excluding carboxylic acids is 1. The molecule has 1 heterocycles. The maximum Gasteiger partial charge on any atom is 0.259 e. The summed E-state index contributed by atoms with van der Waals surface area (Å²) in [6.07, 6.45) is 1.58. The van der Waals surface area contributed by atoms with Crippen molar-refractivity contribution in [3.05, 3.63) is 52.7 Å². The molecule has 2 rings (SSSR count). The van der Waals surface area contributed by atoms with E-state index < -0.39 is 0 Å². The summed E-state index contributed by atoms with van der Waals surface area (Å²) in [4.78, 5) is 18.1. The average Bonchev–Trinajstić information content (AvgIpc) is 2.54. The lowest BCUT2D eigenvalue weighted by Crippen LogP contribution is -2.27. The van der Waals surface area contributed by atoms with Crippen molar-refractivity contribution in [1.82, 2.24) is 9.88 Å². The van der Waals surface area contributed by atoms with Gasteiger partial charge in [0.2, 0.25) is 5.88 Å². The molecule has 0 saturated carbocycles. The number of pyridine rings is 1. The molecule has 0 N–H and O–H groups in total. The summed E-state index contributed by atoms with van der Waals surface area (Å²) in [5.74, 6) is 0.798. The van der Waals surface area contributed by atoms with Gasteiger partial charge >= 0.3 is 0 Å². The van der Waals surface area contributed by atoms with E-state index in [2.05, 4.69) is 4.98 Å². The number of aromatic nitrogens is 1. The zero-order valence-electron chi connectivity index (χ0n) is 12.7. The van der Waals surface area contributed by atoms with E-state index in [0.29, 0.717) is 28.8 Å². The fourth-order valence-corrected chi connectivity index (χ4v) is 2.31. The monoisotopic (exact) mass is 320 g/mol. The van der Waals surface area contributed by atoms with Crippen molar-refractivity contribution in [3.63, 3.8) is 0 Å². The van der Waals surface area contributed by atoms with Crippen LogP contribution in [0.15, 0.2) is 36.5 Å². The highest BCUT2D eigenvalue weighted by molar-refractivity contribution is 6.30. The molecule has 0 spiro atoms. The average molecular weight is 321 g/mol. The van der Waals surface area contributed by atoms with Gasteiger partial charge in [-0.2, -0.15) is 0 Å². The maximum absolute atomic E-state index is 12.5. The van der Waals surface area contributed by atoms with Gasteiger partial charge < -0.3 is 14.4 Å². The quantitative estimate of drug-likeness (QED) is 0.849. The number of methoxy groups -OCH3 is 2. The van der Waals surface area contributed by atoms with Gasteiger partial charge in [0.15, 0.2) is 0 Å². The Kier molecular flexibility index (Phi) is 5.22. The van der Waals surface area contributed by atoms with Gasteiger partial charge in [-0.05, 0) is 30.3 Å². The summed E-state index contributed by atoms with van der Waals surface area (Å²) >= 11 is 6.01. The van der Waals surface area contributed by atoms with Gasteiger partial charge in [0.1, 0.15) is 11.3 Å². The lowest BCUT2D eigenvalue weighted by molar-refractivity contribution is 0.0780. The lowest BCUT2D eigenvalue weighted by atomic mass is 10.1. The van der Waals surface area contributed by atoms with Gasteiger partial charge in [0, 0.05) is 30.4 Å². The molecule has 6 heteroatoms. The molecule has 0 bridgehead atoms. The second kappa shape index (κ2) is 7.13. The zero-order chi connectivity index (χ0) is 16.1. The van der Waals surface area contributed by atoms with E-state index in [9.17, 15) is 4.79 Å². The number of amides is 1. The lowest BCUT2D eigenvalue weighted by Gasteiger charge is -2.19. The molecule has 0 unspecified atom stereocenters. The first kappa shape index (κ1) is 16.1. The Balaban J connectivity index is 2.23. The first-order valence-electron chi connectivity index (χ1n) is 6.63. The topological polar surface area (TPSA) is 51.7 Å². The summed E-state index contributed by atoms with van der Waals surface area (Å²) in [5, 5.41) is 0.593. The minimum Gasteiger partial charge on any atom is -0.496 e. The molecular weight excluding hydrogens is 304 g/mol. The van der Waals surface area contributed by atoms with Gasteiger partial charge in [0.05, 0.1) is 14.2 Å². The molecule has 1 aromatic heterocycles. The van der Waals surface area contributed by atoms with Crippen LogP contribution in [-0.4, -0.2) is 37.1 Å². The van der Waals surface area contributed by atoms with Gasteiger partial charge in [-0.25, -0.2) is 4.98 Å². The summed E-state index contributed by atoms with van der Waals surface area (Å²) in [6.45, 7) is 0.362. The first-order valence-corrected chi connectivity index (χ1v) is 7.01. The number of hydrogen-bond donors (Lipinski definition) is 0. The molecule has 5 nitrogen and oxygen atoms in total. The minimum absolute atomic E-state index is 0.188. The standard InChI is InChI=1S/C16H17ClN2O3/c1-19(10-11-9-12(17)6-7-14(11)21-2)16(20)13-5-4-8-18-15(13)22-3/h4-9H,10H2,1-3H3. The van der Waals surface area contributed by atoms with Crippen LogP contribution in [0.25, 0.3) is 0 Å². The van der Waals surface area contributed by atoms with Crippen molar-refractivity contribution in [2.45, 2.75) is 6.54 Å². The molecular formula is C16H17ClN2O3. The molecule has 0 atom stereocenters. The molecule has 0 fully saturated rings. The van der Waals surface area contributed by atoms with E-state index >= 15 is 0 Å². The summed E-state index contributed by atoms with van der Waals surface area (Å²) in [5.41, 5.74) is 1.24. The largest absolute Gasteiger partial charge is 0.496 e. The highest BCUT2D eigenvalue weighted by atomic mass is 35.5. The number of carbonyl (C=O) groups is 1. The number of ether oxygens (including phenoxy) is 2. The number of benzene rings is 1. The van der Waals surface area contributed by atoms with Crippen LogP contribution in [0.1, 0.15) is 15.9 Å². The molecule has 1 aromatic carbocycles. The molecule has 0 aliphatic rings. The van der Waals surface area contributed by atoms with Crippen LogP contribution in [0.2, 0.25) is 5.02 Å². The van der Waals surface area contributed by atoms with Crippen molar-refractivity contribution >= 4 is 17.5 Å². The SMILES string of the molecule is COc1ccc(Cl)cc1CN(C)C(=O)c1cccnc1OC. The van der Waals surface area contributed by atoms with E-state index in [1.165, 1.54) is 7.11 Å². The van der Waals surface area contributed by atoms with Crippen molar-refractivity contribution in [3.8, 4) is 11.6 Å². The number of nitrogens with zero attached hydrogens (tertiary/aromatic N) is 2. The predicted octanol–water partition coefficient (Wildman–Crippen LogP) is 3.02. The third-order valence-corrected chi connectivity index (χ3v) is 3.43. The minimum atomic E-state index is -0.188. The van der Waals surface area contributed by atoms with Crippen molar-refractivity contribution in [2.75, 3.05) is 21.3 Å². The molecule has 0 aliphatic heterocycles. The van der Waals surface area contributed by atoms with Crippen LogP contribution in [0.3, 0.4) is 0 Å². The molecule has 0 saturated heterocycles. The van der Waals surface area contributed by atoms with E-state index in [1.807, 2.05) is 0 Å². The Labute approximate surface area is 134 Å². The fraction of sp³-hybridized carbons (Fsp3) is 0.250. The van der Waals surface area contributed by atoms with Crippen LogP contribution in [-0.2, 0) is 6.54 Å². The van der Waals surface area contributed by atoms with E-state index in [1.54, 1.807) is 55.6 Å². The summed E-state index contributed by atoms with van der Waals surface area (Å²) in [7, 11) is 4.77. The highest BCUT2D eigenvalue weighted by Crippen LogP contribution is 2.25. The first-order chi connectivity index (χ1) is 10.6. The molecule has 22 heavy (non-hydrogen) atoms. The fourth-order valence-electron chi connectivity index (χ4n) is 2.12. The second-order valence-corrected chi connectivity index (χ2v) is 5.11. The van der Waals surface area contributed by atoms with Gasteiger partial charge in [0.25, 0.3) is 5.91 Å². The number of rotatable bonds is 5. The number of hydrogen-bond acceptors (Lipinski definition) is 4. The van der Waals surface area contributed by atoms with Crippen LogP contribution >= 0.6 is 11.6 Å². The smallest absolute Gasteiger partial charge is 0.259 e. The Hall–Kier alpha value is -2.27. The van der Waals surface area contributed by atoms with Gasteiger partial charge in [-0.1, -0.05) is 11.6 Å². The van der Waals surface area contributed by atoms with Crippen molar-refractivity contribution in [1.29, 1.82) is 0 Å². The highest BCUT2D eigenvalue weighted by Gasteiger charge is 2.18. The number of halogens is 1. The summed E-state index contributed by atoms with van der Waals surface area (Å²) in [6, 6.07) is 8.69. The van der Waals surface area contributed by atoms with E-state index in [-0.39, 0.29) is 5.91 Å². The Morgan fingerprint density at radius 1 is 1.27 bits per heavy atom. The normalized spacial score (nSPS) is 10.2. The molecule has 0 radical (unpaired) electrons. The van der Waals surface area contributed by atoms with Crippen LogP contribution in [0.4, 0.5) is 0 Å². The maximum atomic E-state index is 12.5. The van der Waals surface area contributed by atoms with E-state index in [0.717, 1.165) is 5.56 Å². The van der Waals surface area contributed by atoms with Gasteiger partial charge in [-0.3, -0.25) is 4.79 Å². The Morgan fingerprint density at radius 2 is 2.05 bits per heavy atom. The van der Waals surface area contributed by atoms with Crippen molar-refractivity contribution in [2.24, 2.45) is 0 Å². The zero-order valence-corrected chi connectivity index (χ0v) is 13.4.